The highest BCUT2D eigenvalue weighted by Gasteiger charge is 2.15. The smallest absolute Gasteiger partial charge is 0.167 e. The lowest BCUT2D eigenvalue weighted by Crippen LogP contribution is -2.01. The van der Waals surface area contributed by atoms with Crippen LogP contribution < -0.4 is 14.2 Å². The Hall–Kier alpha value is -4.13. The molecule has 4 rings (SSSR count). The van der Waals surface area contributed by atoms with Crippen LogP contribution in [-0.2, 0) is 0 Å². The van der Waals surface area contributed by atoms with Crippen LogP contribution in [0.2, 0.25) is 0 Å². The molecule has 0 radical (unpaired) electrons. The first-order valence-electron chi connectivity index (χ1n) is 11.3. The number of rotatable bonds is 9. The van der Waals surface area contributed by atoms with Crippen LogP contribution in [0.15, 0.2) is 66.7 Å². The van der Waals surface area contributed by atoms with Crippen LogP contribution >= 0.6 is 0 Å². The fourth-order valence-corrected chi connectivity index (χ4v) is 3.45. The molecule has 34 heavy (non-hydrogen) atoms. The van der Waals surface area contributed by atoms with Crippen molar-refractivity contribution >= 4 is 0 Å². The Morgan fingerprint density at radius 3 is 1.41 bits per heavy atom. The molecule has 0 aliphatic rings. The van der Waals surface area contributed by atoms with E-state index in [4.69, 9.17) is 19.2 Å². The lowest BCUT2D eigenvalue weighted by Gasteiger charge is -2.11. The Balaban J connectivity index is 1.80. The highest BCUT2D eigenvalue weighted by molar-refractivity contribution is 5.70. The summed E-state index contributed by atoms with van der Waals surface area (Å²) in [7, 11) is 0. The molecule has 0 amide bonds. The molecule has 0 bridgehead atoms. The summed E-state index contributed by atoms with van der Waals surface area (Å²) < 4.78 is 16.6. The third kappa shape index (κ3) is 5.26. The van der Waals surface area contributed by atoms with Gasteiger partial charge in [0.1, 0.15) is 23.0 Å². The van der Waals surface area contributed by atoms with Crippen molar-refractivity contribution in [2.24, 2.45) is 0 Å². The first kappa shape index (κ1) is 23.0. The third-order valence-corrected chi connectivity index (χ3v) is 5.00. The van der Waals surface area contributed by atoms with Gasteiger partial charge in [0.25, 0.3) is 0 Å². The van der Waals surface area contributed by atoms with Crippen molar-refractivity contribution in [3.63, 3.8) is 0 Å². The predicted octanol–water partition coefficient (Wildman–Crippen LogP) is 5.77. The van der Waals surface area contributed by atoms with E-state index in [0.29, 0.717) is 48.6 Å². The van der Waals surface area contributed by atoms with E-state index >= 15 is 0 Å². The van der Waals surface area contributed by atoms with Gasteiger partial charge in [0.15, 0.2) is 17.5 Å². The van der Waals surface area contributed by atoms with Gasteiger partial charge in [-0.2, -0.15) is 0 Å². The molecule has 7 heteroatoms. The number of nitrogens with zero attached hydrogens (tertiary/aromatic N) is 3. The Labute approximate surface area is 199 Å². The van der Waals surface area contributed by atoms with E-state index in [2.05, 4.69) is 9.97 Å². The molecule has 7 nitrogen and oxygen atoms in total. The second kappa shape index (κ2) is 10.7. The van der Waals surface area contributed by atoms with Gasteiger partial charge in [-0.3, -0.25) is 0 Å². The molecule has 0 spiro atoms. The normalized spacial score (nSPS) is 10.7. The fraction of sp³-hybridized carbons (Fsp3) is 0.222. The molecule has 0 unspecified atom stereocenters. The summed E-state index contributed by atoms with van der Waals surface area (Å²) in [6.07, 6.45) is 0. The summed E-state index contributed by atoms with van der Waals surface area (Å²) in [6, 6.07) is 20.3. The third-order valence-electron chi connectivity index (χ3n) is 5.00. The van der Waals surface area contributed by atoms with Crippen molar-refractivity contribution in [3.8, 4) is 57.2 Å². The largest absolute Gasteiger partial charge is 0.507 e. The van der Waals surface area contributed by atoms with Crippen LogP contribution in [0.5, 0.6) is 23.0 Å². The quantitative estimate of drug-likeness (QED) is 0.341. The average molecular weight is 458 g/mol. The van der Waals surface area contributed by atoms with E-state index < -0.39 is 0 Å². The van der Waals surface area contributed by atoms with Gasteiger partial charge in [0.05, 0.1) is 25.4 Å². The van der Waals surface area contributed by atoms with Crippen molar-refractivity contribution < 1.29 is 19.3 Å². The van der Waals surface area contributed by atoms with Crippen molar-refractivity contribution in [3.05, 3.63) is 66.7 Å². The number of ether oxygens (including phenoxy) is 3. The van der Waals surface area contributed by atoms with E-state index in [1.54, 1.807) is 18.2 Å². The SMILES string of the molecule is CCOc1ccc(-c2nc(-c3ccc(OCC)cc3)nc(-c3ccc(OCC)cc3O)n2)cc1. The highest BCUT2D eigenvalue weighted by Crippen LogP contribution is 2.33. The number of phenols is 1. The topological polar surface area (TPSA) is 86.6 Å². The Morgan fingerprint density at radius 1 is 0.559 bits per heavy atom. The summed E-state index contributed by atoms with van der Waals surface area (Å²) in [6.45, 7) is 7.47. The summed E-state index contributed by atoms with van der Waals surface area (Å²) in [4.78, 5) is 14.1. The molecule has 0 fully saturated rings. The van der Waals surface area contributed by atoms with Crippen LogP contribution in [0, 0.1) is 0 Å². The lowest BCUT2D eigenvalue weighted by atomic mass is 10.1. The average Bonchev–Trinajstić information content (AvgIpc) is 2.85. The standard InChI is InChI=1S/C27H27N3O4/c1-4-32-20-11-7-18(8-12-20)25-28-26(19-9-13-21(14-10-19)33-5-2)30-27(29-25)23-16-15-22(34-6-3)17-24(23)31/h7-17,31H,4-6H2,1-3H3. The van der Waals surface area contributed by atoms with E-state index in [1.165, 1.54) is 0 Å². The molecular formula is C27H27N3O4. The van der Waals surface area contributed by atoms with Gasteiger partial charge in [-0.25, -0.2) is 15.0 Å². The maximum atomic E-state index is 10.7. The van der Waals surface area contributed by atoms with Gasteiger partial charge < -0.3 is 19.3 Å². The maximum Gasteiger partial charge on any atom is 0.167 e. The molecule has 3 aromatic carbocycles. The van der Waals surface area contributed by atoms with Gasteiger partial charge in [0.2, 0.25) is 0 Å². The van der Waals surface area contributed by atoms with E-state index in [1.807, 2.05) is 69.3 Å². The number of phenolic OH excluding ortho intramolecular Hbond substituents is 1. The molecule has 0 saturated carbocycles. The van der Waals surface area contributed by atoms with E-state index in [0.717, 1.165) is 22.6 Å². The van der Waals surface area contributed by atoms with Crippen molar-refractivity contribution in [2.45, 2.75) is 20.8 Å². The molecule has 1 N–H and O–H groups in total. The molecule has 1 heterocycles. The predicted molar refractivity (Wildman–Crippen MR) is 131 cm³/mol. The summed E-state index contributed by atoms with van der Waals surface area (Å²) in [5.41, 5.74) is 2.11. The van der Waals surface area contributed by atoms with Gasteiger partial charge in [0, 0.05) is 17.2 Å². The minimum absolute atomic E-state index is 0.0347. The number of benzene rings is 3. The Bertz CT molecular complexity index is 1170. The number of aromatic nitrogens is 3. The summed E-state index contributed by atoms with van der Waals surface area (Å²) >= 11 is 0. The number of hydrogen-bond donors (Lipinski definition) is 1. The highest BCUT2D eigenvalue weighted by atomic mass is 16.5. The lowest BCUT2D eigenvalue weighted by molar-refractivity contribution is 0.338. The van der Waals surface area contributed by atoms with Gasteiger partial charge >= 0.3 is 0 Å². The zero-order valence-corrected chi connectivity index (χ0v) is 19.5. The molecule has 0 aliphatic carbocycles. The minimum Gasteiger partial charge on any atom is -0.507 e. The van der Waals surface area contributed by atoms with Crippen LogP contribution in [-0.4, -0.2) is 39.9 Å². The Kier molecular flexibility index (Phi) is 7.22. The van der Waals surface area contributed by atoms with Crippen molar-refractivity contribution in [1.82, 2.24) is 15.0 Å². The van der Waals surface area contributed by atoms with Gasteiger partial charge in [-0.05, 0) is 81.4 Å². The maximum absolute atomic E-state index is 10.7. The zero-order chi connectivity index (χ0) is 23.9. The molecule has 4 aromatic rings. The van der Waals surface area contributed by atoms with Crippen molar-refractivity contribution in [1.29, 1.82) is 0 Å². The second-order valence-electron chi connectivity index (χ2n) is 7.33. The molecule has 174 valence electrons. The monoisotopic (exact) mass is 457 g/mol. The van der Waals surface area contributed by atoms with Crippen LogP contribution in [0.3, 0.4) is 0 Å². The molecular weight excluding hydrogens is 430 g/mol. The second-order valence-corrected chi connectivity index (χ2v) is 7.33. The minimum atomic E-state index is 0.0347. The van der Waals surface area contributed by atoms with Gasteiger partial charge in [-0.15, -0.1) is 0 Å². The molecule has 1 aromatic heterocycles. The number of hydrogen-bond acceptors (Lipinski definition) is 7. The van der Waals surface area contributed by atoms with E-state index in [9.17, 15) is 5.11 Å². The molecule has 0 aliphatic heterocycles. The first-order valence-corrected chi connectivity index (χ1v) is 11.3. The van der Waals surface area contributed by atoms with Crippen LogP contribution in [0.4, 0.5) is 0 Å². The van der Waals surface area contributed by atoms with E-state index in [-0.39, 0.29) is 5.75 Å². The van der Waals surface area contributed by atoms with Crippen LogP contribution in [0.1, 0.15) is 20.8 Å². The fourth-order valence-electron chi connectivity index (χ4n) is 3.45. The van der Waals surface area contributed by atoms with Crippen molar-refractivity contribution in [2.75, 3.05) is 19.8 Å². The molecule has 0 atom stereocenters. The first-order chi connectivity index (χ1) is 16.6. The van der Waals surface area contributed by atoms with Crippen LogP contribution in [0.25, 0.3) is 34.2 Å². The summed E-state index contributed by atoms with van der Waals surface area (Å²) in [5, 5.41) is 10.7. The molecule has 0 saturated heterocycles. The Morgan fingerprint density at radius 2 is 0.971 bits per heavy atom. The zero-order valence-electron chi connectivity index (χ0n) is 19.5. The number of aromatic hydroxyl groups is 1. The summed E-state index contributed by atoms with van der Waals surface area (Å²) in [5.74, 6) is 3.51. The van der Waals surface area contributed by atoms with Gasteiger partial charge in [-0.1, -0.05) is 0 Å².